The first kappa shape index (κ1) is 19.3. The van der Waals surface area contributed by atoms with Crippen LogP contribution in [0.15, 0.2) is 29.2 Å². The molecule has 0 aromatic carbocycles. The molecule has 26 heavy (non-hydrogen) atoms. The molecule has 0 aliphatic rings. The fourth-order valence-corrected chi connectivity index (χ4v) is 2.46. The first-order valence-electron chi connectivity index (χ1n) is 8.37. The summed E-state index contributed by atoms with van der Waals surface area (Å²) in [5, 5.41) is 9.81. The molecule has 0 bridgehead atoms. The first-order chi connectivity index (χ1) is 12.5. The third kappa shape index (κ3) is 5.24. The van der Waals surface area contributed by atoms with E-state index in [0.29, 0.717) is 17.1 Å². The van der Waals surface area contributed by atoms with Crippen LogP contribution in [-0.2, 0) is 9.59 Å². The number of pyridine rings is 1. The lowest BCUT2D eigenvalue weighted by Crippen LogP contribution is -2.41. The zero-order valence-corrected chi connectivity index (χ0v) is 14.5. The minimum absolute atomic E-state index is 0.0434. The van der Waals surface area contributed by atoms with Gasteiger partial charge in [0, 0.05) is 6.20 Å². The van der Waals surface area contributed by atoms with E-state index in [0.717, 1.165) is 19.3 Å². The lowest BCUT2D eigenvalue weighted by molar-refractivity contribution is -0.154. The quantitative estimate of drug-likeness (QED) is 0.244. The van der Waals surface area contributed by atoms with Gasteiger partial charge >= 0.3 is 5.69 Å². The van der Waals surface area contributed by atoms with Gasteiger partial charge in [-0.1, -0.05) is 32.3 Å². The average Bonchev–Trinajstić information content (AvgIpc) is 2.65. The number of amides is 2. The number of carbonyl (C=O) groups is 2. The van der Waals surface area contributed by atoms with Crippen LogP contribution in [-0.4, -0.2) is 43.5 Å². The number of aromatic nitrogens is 3. The fourth-order valence-electron chi connectivity index (χ4n) is 2.46. The Hall–Kier alpha value is -3.01. The SMILES string of the molecule is CCCCC[C@H](CN(O)C=O)C(=O)NNc1nc(=O)n2ccccc2n1. The Morgan fingerprint density at radius 1 is 1.38 bits per heavy atom. The maximum atomic E-state index is 12.3. The summed E-state index contributed by atoms with van der Waals surface area (Å²) in [6.45, 7) is 1.91. The number of hydrazine groups is 1. The second kappa shape index (κ2) is 9.47. The van der Waals surface area contributed by atoms with Gasteiger partial charge in [0.25, 0.3) is 0 Å². The number of rotatable bonds is 10. The number of hydrogen-bond donors (Lipinski definition) is 3. The van der Waals surface area contributed by atoms with Crippen LogP contribution in [0.5, 0.6) is 0 Å². The standard InChI is InChI=1S/C16H22N6O4/c1-2-3-4-7-12(10-21(26)11-23)14(24)19-20-15-17-13-8-5-6-9-22(13)16(25)18-15/h5-6,8-9,11-12,26H,2-4,7,10H2,1H3,(H,19,24)(H,18,20,25)/t12-/m1/s1. The summed E-state index contributed by atoms with van der Waals surface area (Å²) in [4.78, 5) is 42.7. The molecule has 0 fully saturated rings. The summed E-state index contributed by atoms with van der Waals surface area (Å²) >= 11 is 0. The number of nitrogens with zero attached hydrogens (tertiary/aromatic N) is 4. The molecule has 0 radical (unpaired) electrons. The van der Waals surface area contributed by atoms with Crippen LogP contribution in [0.25, 0.3) is 5.65 Å². The van der Waals surface area contributed by atoms with E-state index < -0.39 is 17.5 Å². The van der Waals surface area contributed by atoms with Crippen molar-refractivity contribution in [1.82, 2.24) is 24.9 Å². The minimum atomic E-state index is -0.606. The summed E-state index contributed by atoms with van der Waals surface area (Å²) < 4.78 is 1.27. The van der Waals surface area contributed by atoms with Gasteiger partial charge < -0.3 is 0 Å². The molecule has 0 aliphatic carbocycles. The highest BCUT2D eigenvalue weighted by Gasteiger charge is 2.20. The zero-order chi connectivity index (χ0) is 18.9. The number of carbonyl (C=O) groups excluding carboxylic acids is 2. The zero-order valence-electron chi connectivity index (χ0n) is 14.5. The van der Waals surface area contributed by atoms with Crippen molar-refractivity contribution in [2.75, 3.05) is 12.0 Å². The molecule has 0 spiro atoms. The molecular weight excluding hydrogens is 340 g/mol. The predicted octanol–water partition coefficient (Wildman–Crippen LogP) is 0.577. The fraction of sp³-hybridized carbons (Fsp3) is 0.438. The second-order valence-electron chi connectivity index (χ2n) is 5.79. The molecule has 0 aliphatic heterocycles. The Balaban J connectivity index is 2.03. The van der Waals surface area contributed by atoms with Gasteiger partial charge in [0.05, 0.1) is 12.5 Å². The lowest BCUT2D eigenvalue weighted by Gasteiger charge is -2.19. The highest BCUT2D eigenvalue weighted by molar-refractivity contribution is 5.80. The molecule has 2 aromatic rings. The van der Waals surface area contributed by atoms with E-state index in [9.17, 15) is 19.6 Å². The van der Waals surface area contributed by atoms with Crippen LogP contribution in [0.3, 0.4) is 0 Å². The Morgan fingerprint density at radius 3 is 2.92 bits per heavy atom. The normalized spacial score (nSPS) is 11.8. The first-order valence-corrected chi connectivity index (χ1v) is 8.37. The molecule has 0 saturated carbocycles. The topological polar surface area (TPSA) is 129 Å². The Labute approximate surface area is 149 Å². The van der Waals surface area contributed by atoms with Gasteiger partial charge in [-0.05, 0) is 18.6 Å². The van der Waals surface area contributed by atoms with Crippen molar-refractivity contribution in [1.29, 1.82) is 0 Å². The molecule has 1 atom stereocenters. The Morgan fingerprint density at radius 2 is 2.19 bits per heavy atom. The third-order valence-corrected chi connectivity index (χ3v) is 3.82. The molecule has 10 heteroatoms. The van der Waals surface area contributed by atoms with Gasteiger partial charge in [-0.15, -0.1) is 0 Å². The predicted molar refractivity (Wildman–Crippen MR) is 93.2 cm³/mol. The van der Waals surface area contributed by atoms with Gasteiger partial charge in [-0.2, -0.15) is 9.97 Å². The minimum Gasteiger partial charge on any atom is -0.286 e. The van der Waals surface area contributed by atoms with Crippen LogP contribution in [0.1, 0.15) is 32.6 Å². The second-order valence-corrected chi connectivity index (χ2v) is 5.79. The molecule has 2 amide bonds. The van der Waals surface area contributed by atoms with Crippen molar-refractivity contribution in [3.63, 3.8) is 0 Å². The van der Waals surface area contributed by atoms with E-state index in [1.165, 1.54) is 4.40 Å². The van der Waals surface area contributed by atoms with E-state index in [2.05, 4.69) is 20.8 Å². The van der Waals surface area contributed by atoms with Crippen molar-refractivity contribution >= 4 is 23.9 Å². The monoisotopic (exact) mass is 362 g/mol. The highest BCUT2D eigenvalue weighted by atomic mass is 16.5. The molecule has 140 valence electrons. The van der Waals surface area contributed by atoms with Crippen LogP contribution < -0.4 is 16.5 Å². The molecule has 2 heterocycles. The molecule has 0 saturated heterocycles. The van der Waals surface area contributed by atoms with Crippen LogP contribution in [0.4, 0.5) is 5.95 Å². The number of hydroxylamine groups is 2. The maximum absolute atomic E-state index is 12.3. The number of unbranched alkanes of at least 4 members (excludes halogenated alkanes) is 2. The lowest BCUT2D eigenvalue weighted by atomic mass is 10.0. The number of fused-ring (bicyclic) bond motifs is 1. The number of anilines is 1. The molecule has 0 unspecified atom stereocenters. The molecule has 2 aromatic heterocycles. The van der Waals surface area contributed by atoms with Gasteiger partial charge in [-0.3, -0.25) is 30.0 Å². The maximum Gasteiger partial charge on any atom is 0.356 e. The summed E-state index contributed by atoms with van der Waals surface area (Å²) in [6, 6.07) is 5.04. The average molecular weight is 362 g/mol. The van der Waals surface area contributed by atoms with Crippen LogP contribution >= 0.6 is 0 Å². The van der Waals surface area contributed by atoms with Gasteiger partial charge in [0.15, 0.2) is 0 Å². The molecule has 3 N–H and O–H groups in total. The van der Waals surface area contributed by atoms with E-state index >= 15 is 0 Å². The Kier molecular flexibility index (Phi) is 7.03. The van der Waals surface area contributed by atoms with Gasteiger partial charge in [0.2, 0.25) is 18.3 Å². The smallest absolute Gasteiger partial charge is 0.286 e. The summed E-state index contributed by atoms with van der Waals surface area (Å²) in [7, 11) is 0. The molecule has 2 rings (SSSR count). The highest BCUT2D eigenvalue weighted by Crippen LogP contribution is 2.11. The van der Waals surface area contributed by atoms with Crippen molar-refractivity contribution in [2.24, 2.45) is 5.92 Å². The number of hydrogen-bond acceptors (Lipinski definition) is 7. The van der Waals surface area contributed by atoms with Crippen molar-refractivity contribution < 1.29 is 14.8 Å². The van der Waals surface area contributed by atoms with E-state index in [1.807, 2.05) is 6.92 Å². The molecule has 10 nitrogen and oxygen atoms in total. The van der Waals surface area contributed by atoms with Gasteiger partial charge in [-0.25, -0.2) is 9.86 Å². The van der Waals surface area contributed by atoms with Crippen molar-refractivity contribution in [2.45, 2.75) is 32.6 Å². The summed E-state index contributed by atoms with van der Waals surface area (Å²) in [6.07, 6.45) is 5.01. The van der Waals surface area contributed by atoms with Crippen LogP contribution in [0, 0.1) is 5.92 Å². The van der Waals surface area contributed by atoms with E-state index in [4.69, 9.17) is 0 Å². The third-order valence-electron chi connectivity index (χ3n) is 3.82. The summed E-state index contributed by atoms with van der Waals surface area (Å²) in [5.41, 5.74) is 4.80. The molecular formula is C16H22N6O4. The van der Waals surface area contributed by atoms with Gasteiger partial charge in [0.1, 0.15) is 5.65 Å². The Bertz CT molecular complexity index is 809. The number of nitrogens with one attached hydrogen (secondary N) is 2. The van der Waals surface area contributed by atoms with E-state index in [-0.39, 0.29) is 18.9 Å². The van der Waals surface area contributed by atoms with Crippen molar-refractivity contribution in [3.8, 4) is 0 Å². The van der Waals surface area contributed by atoms with E-state index in [1.54, 1.807) is 24.4 Å². The van der Waals surface area contributed by atoms with Crippen LogP contribution in [0.2, 0.25) is 0 Å². The van der Waals surface area contributed by atoms with Crippen molar-refractivity contribution in [3.05, 3.63) is 34.9 Å². The largest absolute Gasteiger partial charge is 0.356 e. The summed E-state index contributed by atoms with van der Waals surface area (Å²) in [5.74, 6) is -1.08.